The lowest BCUT2D eigenvalue weighted by Crippen LogP contribution is -2.27. The van der Waals surface area contributed by atoms with E-state index in [9.17, 15) is 13.2 Å². The molecule has 0 aliphatic heterocycles. The van der Waals surface area contributed by atoms with E-state index in [1.807, 2.05) is 12.1 Å². The number of aromatic nitrogens is 4. The van der Waals surface area contributed by atoms with Crippen molar-refractivity contribution < 1.29 is 12.8 Å². The second kappa shape index (κ2) is 7.22. The van der Waals surface area contributed by atoms with E-state index >= 15 is 0 Å². The van der Waals surface area contributed by atoms with Crippen LogP contribution in [-0.4, -0.2) is 39.7 Å². The van der Waals surface area contributed by atoms with Gasteiger partial charge in [0.15, 0.2) is 5.58 Å². The van der Waals surface area contributed by atoms with Crippen molar-refractivity contribution in [1.82, 2.24) is 24.2 Å². The third-order valence-corrected chi connectivity index (χ3v) is 6.25. The van der Waals surface area contributed by atoms with Crippen molar-refractivity contribution in [3.63, 3.8) is 0 Å². The quantitative estimate of drug-likeness (QED) is 0.533. The Kier molecular flexibility index (Phi) is 4.73. The van der Waals surface area contributed by atoms with E-state index in [0.717, 1.165) is 11.1 Å². The van der Waals surface area contributed by atoms with Crippen LogP contribution in [-0.2, 0) is 16.6 Å². The number of benzene rings is 1. The molecule has 0 spiro atoms. The van der Waals surface area contributed by atoms with Crippen LogP contribution in [0.2, 0.25) is 0 Å². The van der Waals surface area contributed by atoms with E-state index in [4.69, 9.17) is 4.42 Å². The molecule has 9 nitrogen and oxygen atoms in total. The maximum absolute atomic E-state index is 13.1. The lowest BCUT2D eigenvalue weighted by molar-refractivity contribution is 0.461. The van der Waals surface area contributed by atoms with Gasteiger partial charge in [-0.15, -0.1) is 0 Å². The highest BCUT2D eigenvalue weighted by atomic mass is 32.2. The zero-order valence-corrected chi connectivity index (χ0v) is 16.5. The normalized spacial score (nSPS) is 12.0. The number of nitrogens with zero attached hydrogens (tertiary/aromatic N) is 4. The highest BCUT2D eigenvalue weighted by Crippen LogP contribution is 2.25. The van der Waals surface area contributed by atoms with Crippen LogP contribution in [0, 0.1) is 6.92 Å². The van der Waals surface area contributed by atoms with Gasteiger partial charge in [0.05, 0.1) is 22.7 Å². The first kappa shape index (κ1) is 19.0. The highest BCUT2D eigenvalue weighted by Gasteiger charge is 2.24. The van der Waals surface area contributed by atoms with Gasteiger partial charge in [-0.3, -0.25) is 9.97 Å². The summed E-state index contributed by atoms with van der Waals surface area (Å²) in [6, 6.07) is 7.88. The predicted octanol–water partition coefficient (Wildman–Crippen LogP) is 2.10. The summed E-state index contributed by atoms with van der Waals surface area (Å²) in [6.45, 7) is 1.79. The highest BCUT2D eigenvalue weighted by molar-refractivity contribution is 7.89. The summed E-state index contributed by atoms with van der Waals surface area (Å²) in [7, 11) is -2.37. The summed E-state index contributed by atoms with van der Waals surface area (Å²) in [5, 5.41) is 0. The third-order valence-electron chi connectivity index (χ3n) is 4.45. The van der Waals surface area contributed by atoms with Gasteiger partial charge in [-0.05, 0) is 36.8 Å². The maximum atomic E-state index is 13.1. The first-order valence-electron chi connectivity index (χ1n) is 8.67. The second-order valence-corrected chi connectivity index (χ2v) is 8.49. The van der Waals surface area contributed by atoms with Crippen LogP contribution in [0.15, 0.2) is 63.0 Å². The number of sulfonamides is 1. The second-order valence-electron chi connectivity index (χ2n) is 6.45. The fourth-order valence-corrected chi connectivity index (χ4v) is 4.12. The van der Waals surface area contributed by atoms with Crippen LogP contribution in [0.25, 0.3) is 22.2 Å². The summed E-state index contributed by atoms with van der Waals surface area (Å²) in [4.78, 5) is 26.5. The van der Waals surface area contributed by atoms with Crippen molar-refractivity contribution >= 4 is 21.1 Å². The topological polar surface area (TPSA) is 122 Å². The van der Waals surface area contributed by atoms with Gasteiger partial charge in [0.1, 0.15) is 5.82 Å². The molecule has 1 aromatic carbocycles. The molecule has 0 saturated heterocycles. The van der Waals surface area contributed by atoms with Gasteiger partial charge in [0.25, 0.3) is 0 Å². The van der Waals surface area contributed by atoms with Gasteiger partial charge in [0.2, 0.25) is 10.0 Å². The number of hydrogen-bond donors (Lipinski definition) is 1. The standard InChI is InChI=1S/C19H17N5O4S/c1-12-21-10-15(13-5-7-20-8-6-13)17(22-12)11-24(2)29(26,27)14-3-4-16-18(9-14)28-19(25)23-16/h3-10H,11H2,1-2H3,(H,23,25). The first-order chi connectivity index (χ1) is 13.8. The third kappa shape index (κ3) is 3.67. The molecule has 0 saturated carbocycles. The Hall–Kier alpha value is -3.37. The van der Waals surface area contributed by atoms with Crippen molar-refractivity contribution in [2.24, 2.45) is 0 Å². The Balaban J connectivity index is 1.70. The molecule has 0 aliphatic rings. The molecule has 29 heavy (non-hydrogen) atoms. The Labute approximate surface area is 166 Å². The lowest BCUT2D eigenvalue weighted by atomic mass is 10.1. The summed E-state index contributed by atoms with van der Waals surface area (Å²) in [6.07, 6.45) is 4.98. The number of fused-ring (bicyclic) bond motifs is 1. The van der Waals surface area contributed by atoms with Crippen LogP contribution < -0.4 is 5.76 Å². The predicted molar refractivity (Wildman–Crippen MR) is 105 cm³/mol. The smallest absolute Gasteiger partial charge is 0.408 e. The van der Waals surface area contributed by atoms with Crippen LogP contribution in [0.5, 0.6) is 0 Å². The number of rotatable bonds is 5. The number of nitrogens with one attached hydrogen (secondary N) is 1. The lowest BCUT2D eigenvalue weighted by Gasteiger charge is -2.18. The zero-order valence-electron chi connectivity index (χ0n) is 15.7. The average molecular weight is 411 g/mol. The number of aromatic amines is 1. The Bertz CT molecular complexity index is 1350. The minimum Gasteiger partial charge on any atom is -0.408 e. The minimum atomic E-state index is -3.85. The molecule has 0 atom stereocenters. The van der Waals surface area contributed by atoms with Crippen LogP contribution in [0.4, 0.5) is 0 Å². The molecular formula is C19H17N5O4S. The summed E-state index contributed by atoms with van der Waals surface area (Å²) < 4.78 is 32.3. The van der Waals surface area contributed by atoms with Gasteiger partial charge in [-0.1, -0.05) is 0 Å². The number of oxazole rings is 1. The van der Waals surface area contributed by atoms with E-state index in [0.29, 0.717) is 17.0 Å². The SMILES string of the molecule is Cc1ncc(-c2ccncc2)c(CN(C)S(=O)(=O)c2ccc3[nH]c(=O)oc3c2)n1. The number of hydrogen-bond acceptors (Lipinski definition) is 7. The van der Waals surface area contributed by atoms with Gasteiger partial charge >= 0.3 is 5.76 Å². The monoisotopic (exact) mass is 411 g/mol. The summed E-state index contributed by atoms with van der Waals surface area (Å²) >= 11 is 0. The van der Waals surface area contributed by atoms with Gasteiger partial charge in [0, 0.05) is 37.3 Å². The molecule has 0 bridgehead atoms. The van der Waals surface area contributed by atoms with Crippen molar-refractivity contribution in [2.75, 3.05) is 7.05 Å². The summed E-state index contributed by atoms with van der Waals surface area (Å²) in [5.74, 6) is -0.0968. The van der Waals surface area contributed by atoms with Crippen molar-refractivity contribution in [3.05, 3.63) is 71.0 Å². The van der Waals surface area contributed by atoms with Gasteiger partial charge < -0.3 is 4.42 Å². The summed E-state index contributed by atoms with van der Waals surface area (Å²) in [5.41, 5.74) is 2.76. The van der Waals surface area contributed by atoms with E-state index in [2.05, 4.69) is 19.9 Å². The number of aryl methyl sites for hydroxylation is 1. The van der Waals surface area contributed by atoms with E-state index in [-0.39, 0.29) is 17.0 Å². The minimum absolute atomic E-state index is 0.0199. The molecular weight excluding hydrogens is 394 g/mol. The van der Waals surface area contributed by atoms with Crippen LogP contribution in [0.3, 0.4) is 0 Å². The van der Waals surface area contributed by atoms with Crippen molar-refractivity contribution in [3.8, 4) is 11.1 Å². The van der Waals surface area contributed by atoms with E-state index in [1.165, 1.54) is 29.6 Å². The molecule has 0 unspecified atom stereocenters. The number of H-pyrrole nitrogens is 1. The molecule has 0 fully saturated rings. The van der Waals surface area contributed by atoms with Gasteiger partial charge in [-0.2, -0.15) is 4.31 Å². The molecule has 1 N–H and O–H groups in total. The maximum Gasteiger partial charge on any atom is 0.417 e. The van der Waals surface area contributed by atoms with E-state index < -0.39 is 15.8 Å². The Morgan fingerprint density at radius 1 is 1.17 bits per heavy atom. The van der Waals surface area contributed by atoms with Crippen LogP contribution >= 0.6 is 0 Å². The molecule has 4 rings (SSSR count). The molecule has 3 aromatic heterocycles. The van der Waals surface area contributed by atoms with Gasteiger partial charge in [-0.25, -0.2) is 23.2 Å². The molecule has 0 aliphatic carbocycles. The molecule has 4 aromatic rings. The molecule has 10 heteroatoms. The van der Waals surface area contributed by atoms with Crippen molar-refractivity contribution in [1.29, 1.82) is 0 Å². The number of pyridine rings is 1. The first-order valence-corrected chi connectivity index (χ1v) is 10.1. The Morgan fingerprint density at radius 2 is 1.93 bits per heavy atom. The zero-order chi connectivity index (χ0) is 20.6. The molecule has 0 radical (unpaired) electrons. The molecule has 0 amide bonds. The Morgan fingerprint density at radius 3 is 2.69 bits per heavy atom. The fourth-order valence-electron chi connectivity index (χ4n) is 2.97. The average Bonchev–Trinajstić information content (AvgIpc) is 3.08. The largest absolute Gasteiger partial charge is 0.417 e. The molecule has 3 heterocycles. The fraction of sp³-hybridized carbons (Fsp3) is 0.158. The van der Waals surface area contributed by atoms with E-state index in [1.54, 1.807) is 25.5 Å². The molecule has 148 valence electrons. The van der Waals surface area contributed by atoms with Crippen molar-refractivity contribution in [2.45, 2.75) is 18.4 Å². The van der Waals surface area contributed by atoms with Crippen LogP contribution in [0.1, 0.15) is 11.5 Å².